The van der Waals surface area contributed by atoms with E-state index in [-0.39, 0.29) is 18.0 Å². The van der Waals surface area contributed by atoms with Crippen molar-refractivity contribution in [1.82, 2.24) is 10.6 Å². The third kappa shape index (κ3) is 5.43. The van der Waals surface area contributed by atoms with Gasteiger partial charge < -0.3 is 20.9 Å². The molecule has 0 spiro atoms. The molecule has 3 N–H and O–H groups in total. The van der Waals surface area contributed by atoms with Crippen LogP contribution in [0.25, 0.3) is 0 Å². The summed E-state index contributed by atoms with van der Waals surface area (Å²) >= 11 is 0. The molecule has 1 heterocycles. The maximum atomic E-state index is 12.9. The van der Waals surface area contributed by atoms with Crippen molar-refractivity contribution in [2.24, 2.45) is 5.92 Å². The number of benzene rings is 1. The summed E-state index contributed by atoms with van der Waals surface area (Å²) in [5, 5.41) is 9.13. The van der Waals surface area contributed by atoms with E-state index in [1.807, 2.05) is 18.2 Å². The van der Waals surface area contributed by atoms with Gasteiger partial charge in [0.15, 0.2) is 0 Å². The lowest BCUT2D eigenvalue weighted by Crippen LogP contribution is -2.39. The van der Waals surface area contributed by atoms with Gasteiger partial charge in [0.1, 0.15) is 0 Å². The lowest BCUT2D eigenvalue weighted by molar-refractivity contribution is 0.0951. The molecule has 3 fully saturated rings. The summed E-state index contributed by atoms with van der Waals surface area (Å²) in [5.41, 5.74) is 2.32. The van der Waals surface area contributed by atoms with E-state index in [0.717, 1.165) is 63.2 Å². The fourth-order valence-corrected chi connectivity index (χ4v) is 4.41. The van der Waals surface area contributed by atoms with E-state index in [1.54, 1.807) is 0 Å². The average Bonchev–Trinajstić information content (AvgIpc) is 3.53. The van der Waals surface area contributed by atoms with Crippen LogP contribution >= 0.6 is 0 Å². The normalized spacial score (nSPS) is 20.9. The number of hydrogen-bond donors (Lipinski definition) is 3. The lowest BCUT2D eigenvalue weighted by Gasteiger charge is -2.33. The molecule has 0 aromatic heterocycles. The van der Waals surface area contributed by atoms with Crippen LogP contribution in [-0.2, 0) is 0 Å². The number of nitrogens with one attached hydrogen (secondary N) is 3. The van der Waals surface area contributed by atoms with Crippen molar-refractivity contribution in [3.63, 3.8) is 0 Å². The molecule has 4 rings (SSSR count). The summed E-state index contributed by atoms with van der Waals surface area (Å²) < 4.78 is 0. The molecular weight excluding hydrogens is 364 g/mol. The molecular formula is C23H34N4O2. The van der Waals surface area contributed by atoms with Gasteiger partial charge in [-0.2, -0.15) is 0 Å². The molecule has 1 aliphatic heterocycles. The molecule has 2 aliphatic carbocycles. The van der Waals surface area contributed by atoms with Gasteiger partial charge >= 0.3 is 6.03 Å². The standard InChI is InChI=1S/C23H34N4O2/c1-16-11-13-27(14-12-16)21-10-9-19(15-20(21)22(28)24-18-7-8-18)26-23(29)25-17-5-3-2-4-6-17/h9-10,15-18H,2-8,11-14H2,1H3,(H,24,28)(H2,25,26,29). The SMILES string of the molecule is CC1CCN(c2ccc(NC(=O)NC3CCCCC3)cc2C(=O)NC2CC2)CC1. The van der Waals surface area contributed by atoms with Gasteiger partial charge in [0.05, 0.1) is 5.56 Å². The molecule has 0 atom stereocenters. The van der Waals surface area contributed by atoms with Crippen molar-refractivity contribution in [3.8, 4) is 0 Å². The zero-order valence-electron chi connectivity index (χ0n) is 17.5. The van der Waals surface area contributed by atoms with Crippen molar-refractivity contribution in [1.29, 1.82) is 0 Å². The van der Waals surface area contributed by atoms with Crippen LogP contribution in [0.1, 0.15) is 75.1 Å². The first-order chi connectivity index (χ1) is 14.1. The van der Waals surface area contributed by atoms with Crippen LogP contribution in [0.15, 0.2) is 18.2 Å². The van der Waals surface area contributed by atoms with E-state index in [0.29, 0.717) is 17.3 Å². The summed E-state index contributed by atoms with van der Waals surface area (Å²) in [6.07, 6.45) is 10.1. The zero-order chi connectivity index (χ0) is 20.2. The summed E-state index contributed by atoms with van der Waals surface area (Å²) in [4.78, 5) is 27.7. The number of carbonyl (C=O) groups excluding carboxylic acids is 2. The van der Waals surface area contributed by atoms with Crippen LogP contribution in [0, 0.1) is 5.92 Å². The summed E-state index contributed by atoms with van der Waals surface area (Å²) in [6.45, 7) is 4.23. The van der Waals surface area contributed by atoms with Crippen LogP contribution in [0.3, 0.4) is 0 Å². The first-order valence-corrected chi connectivity index (χ1v) is 11.4. The first kappa shape index (κ1) is 20.0. The van der Waals surface area contributed by atoms with Gasteiger partial charge in [0.2, 0.25) is 0 Å². The van der Waals surface area contributed by atoms with Gasteiger partial charge in [0.25, 0.3) is 5.91 Å². The van der Waals surface area contributed by atoms with Crippen LogP contribution in [0.5, 0.6) is 0 Å². The molecule has 3 amide bonds. The minimum atomic E-state index is -0.176. The predicted molar refractivity (Wildman–Crippen MR) is 117 cm³/mol. The third-order valence-corrected chi connectivity index (χ3v) is 6.48. The summed E-state index contributed by atoms with van der Waals surface area (Å²) in [5.74, 6) is 0.705. The number of anilines is 2. The smallest absolute Gasteiger partial charge is 0.319 e. The second kappa shape index (κ2) is 9.06. The highest BCUT2D eigenvalue weighted by Gasteiger charge is 2.27. The highest BCUT2D eigenvalue weighted by Crippen LogP contribution is 2.30. The molecule has 1 aromatic rings. The quantitative estimate of drug-likeness (QED) is 0.693. The molecule has 6 heteroatoms. The Kier molecular flexibility index (Phi) is 6.26. The number of hydrogen-bond acceptors (Lipinski definition) is 3. The number of rotatable bonds is 5. The van der Waals surface area contributed by atoms with Crippen LogP contribution in [0.4, 0.5) is 16.2 Å². The largest absolute Gasteiger partial charge is 0.371 e. The maximum absolute atomic E-state index is 12.9. The molecule has 3 aliphatic rings. The molecule has 0 radical (unpaired) electrons. The van der Waals surface area contributed by atoms with Crippen LogP contribution in [0.2, 0.25) is 0 Å². The average molecular weight is 399 g/mol. The number of carbonyl (C=O) groups is 2. The van der Waals surface area contributed by atoms with E-state index in [4.69, 9.17) is 0 Å². The van der Waals surface area contributed by atoms with Crippen molar-refractivity contribution in [3.05, 3.63) is 23.8 Å². The molecule has 158 valence electrons. The van der Waals surface area contributed by atoms with Gasteiger partial charge in [-0.15, -0.1) is 0 Å². The molecule has 0 bridgehead atoms. The highest BCUT2D eigenvalue weighted by atomic mass is 16.2. The second-order valence-corrected chi connectivity index (χ2v) is 9.08. The minimum Gasteiger partial charge on any atom is -0.371 e. The Labute approximate surface area is 173 Å². The van der Waals surface area contributed by atoms with Crippen molar-refractivity contribution in [2.75, 3.05) is 23.3 Å². The fraction of sp³-hybridized carbons (Fsp3) is 0.652. The van der Waals surface area contributed by atoms with E-state index in [9.17, 15) is 9.59 Å². The Hall–Kier alpha value is -2.24. The van der Waals surface area contributed by atoms with E-state index >= 15 is 0 Å². The molecule has 2 saturated carbocycles. The van der Waals surface area contributed by atoms with E-state index in [2.05, 4.69) is 27.8 Å². The van der Waals surface area contributed by atoms with Gasteiger partial charge in [-0.3, -0.25) is 4.79 Å². The van der Waals surface area contributed by atoms with Gasteiger partial charge in [0, 0.05) is 36.5 Å². The second-order valence-electron chi connectivity index (χ2n) is 9.08. The number of nitrogens with zero attached hydrogens (tertiary/aromatic N) is 1. The highest BCUT2D eigenvalue weighted by molar-refractivity contribution is 6.02. The minimum absolute atomic E-state index is 0.0301. The summed E-state index contributed by atoms with van der Waals surface area (Å²) in [7, 11) is 0. The van der Waals surface area contributed by atoms with Crippen molar-refractivity contribution in [2.45, 2.75) is 76.8 Å². The topological polar surface area (TPSA) is 73.5 Å². The monoisotopic (exact) mass is 398 g/mol. The zero-order valence-corrected chi connectivity index (χ0v) is 17.5. The van der Waals surface area contributed by atoms with Crippen molar-refractivity contribution >= 4 is 23.3 Å². The molecule has 6 nitrogen and oxygen atoms in total. The summed E-state index contributed by atoms with van der Waals surface area (Å²) in [6, 6.07) is 6.14. The Bertz CT molecular complexity index is 732. The van der Waals surface area contributed by atoms with E-state index < -0.39 is 0 Å². The predicted octanol–water partition coefficient (Wildman–Crippen LogP) is 4.27. The Balaban J connectivity index is 1.47. The number of amides is 3. The molecule has 29 heavy (non-hydrogen) atoms. The Morgan fingerprint density at radius 3 is 2.28 bits per heavy atom. The molecule has 1 aromatic carbocycles. The van der Waals surface area contributed by atoms with Gasteiger partial charge in [-0.05, 0) is 62.6 Å². The van der Waals surface area contributed by atoms with Gasteiger partial charge in [-0.25, -0.2) is 4.79 Å². The maximum Gasteiger partial charge on any atom is 0.319 e. The van der Waals surface area contributed by atoms with E-state index in [1.165, 1.54) is 19.3 Å². The Morgan fingerprint density at radius 1 is 0.897 bits per heavy atom. The molecule has 1 saturated heterocycles. The molecule has 0 unspecified atom stereocenters. The fourth-order valence-electron chi connectivity index (χ4n) is 4.41. The number of piperidine rings is 1. The first-order valence-electron chi connectivity index (χ1n) is 11.4. The third-order valence-electron chi connectivity index (χ3n) is 6.48. The van der Waals surface area contributed by atoms with Gasteiger partial charge in [-0.1, -0.05) is 26.2 Å². The Morgan fingerprint density at radius 2 is 1.59 bits per heavy atom. The van der Waals surface area contributed by atoms with Crippen LogP contribution in [-0.4, -0.2) is 37.1 Å². The number of urea groups is 1. The lowest BCUT2D eigenvalue weighted by atomic mass is 9.96. The van der Waals surface area contributed by atoms with Crippen LogP contribution < -0.4 is 20.9 Å². The van der Waals surface area contributed by atoms with Crippen molar-refractivity contribution < 1.29 is 9.59 Å².